The molecule has 1 heterocycles. The van der Waals surface area contributed by atoms with Crippen LogP contribution >= 0.6 is 0 Å². The Kier molecular flexibility index (Phi) is 6.54. The Hall–Kier alpha value is -2.43. The Balaban J connectivity index is 1.95. The van der Waals surface area contributed by atoms with Gasteiger partial charge < -0.3 is 10.2 Å². The van der Waals surface area contributed by atoms with Crippen LogP contribution in [0.2, 0.25) is 0 Å². The lowest BCUT2D eigenvalue weighted by molar-refractivity contribution is 0.0779. The van der Waals surface area contributed by atoms with Crippen molar-refractivity contribution < 1.29 is 4.79 Å². The molecule has 2 aromatic rings. The number of hydrogen-bond acceptors (Lipinski definition) is 4. The number of amides is 1. The van der Waals surface area contributed by atoms with Crippen LogP contribution in [-0.2, 0) is 6.54 Å². The highest BCUT2D eigenvalue weighted by Crippen LogP contribution is 2.08. The predicted octanol–water partition coefficient (Wildman–Crippen LogP) is 3.35. The monoisotopic (exact) mass is 312 g/mol. The first-order chi connectivity index (χ1) is 11.2. The molecule has 122 valence electrons. The second-order valence-electron chi connectivity index (χ2n) is 5.55. The fourth-order valence-electron chi connectivity index (χ4n) is 2.26. The molecule has 23 heavy (non-hydrogen) atoms. The van der Waals surface area contributed by atoms with Gasteiger partial charge in [0.2, 0.25) is 5.95 Å². The fourth-order valence-corrected chi connectivity index (χ4v) is 2.26. The number of nitrogens with one attached hydrogen (secondary N) is 1. The molecule has 0 atom stereocenters. The van der Waals surface area contributed by atoms with E-state index in [-0.39, 0.29) is 5.91 Å². The summed E-state index contributed by atoms with van der Waals surface area (Å²) >= 11 is 0. The minimum absolute atomic E-state index is 0.104. The van der Waals surface area contributed by atoms with E-state index in [9.17, 15) is 4.79 Å². The number of benzene rings is 1. The van der Waals surface area contributed by atoms with Gasteiger partial charge in [0, 0.05) is 26.3 Å². The summed E-state index contributed by atoms with van der Waals surface area (Å²) in [6, 6.07) is 11.6. The van der Waals surface area contributed by atoms with Gasteiger partial charge in [-0.1, -0.05) is 50.1 Å². The van der Waals surface area contributed by atoms with Crippen molar-refractivity contribution in [3.63, 3.8) is 0 Å². The molecular weight excluding hydrogens is 288 g/mol. The lowest BCUT2D eigenvalue weighted by atomic mass is 10.2. The zero-order valence-electron chi connectivity index (χ0n) is 13.8. The molecule has 0 aliphatic carbocycles. The largest absolute Gasteiger partial charge is 0.354 e. The molecule has 1 amide bonds. The molecule has 2 rings (SSSR count). The van der Waals surface area contributed by atoms with Gasteiger partial charge >= 0.3 is 0 Å². The van der Waals surface area contributed by atoms with Crippen LogP contribution in [0.5, 0.6) is 0 Å². The molecule has 0 unspecified atom stereocenters. The van der Waals surface area contributed by atoms with E-state index in [1.807, 2.05) is 30.3 Å². The summed E-state index contributed by atoms with van der Waals surface area (Å²) in [7, 11) is 1.78. The summed E-state index contributed by atoms with van der Waals surface area (Å²) in [5, 5.41) is 3.17. The number of carbonyl (C=O) groups is 1. The Morgan fingerprint density at radius 3 is 2.70 bits per heavy atom. The fraction of sp³-hybridized carbons (Fsp3) is 0.389. The molecule has 0 aliphatic rings. The number of nitrogens with zero attached hydrogens (tertiary/aromatic N) is 3. The lowest BCUT2D eigenvalue weighted by Gasteiger charge is -2.17. The quantitative estimate of drug-likeness (QED) is 0.759. The van der Waals surface area contributed by atoms with Crippen LogP contribution < -0.4 is 5.32 Å². The molecule has 5 heteroatoms. The minimum atomic E-state index is -0.104. The summed E-state index contributed by atoms with van der Waals surface area (Å²) in [6.07, 6.45) is 5.04. The van der Waals surface area contributed by atoms with E-state index in [2.05, 4.69) is 22.2 Å². The number of carbonyl (C=O) groups excluding carboxylic acids is 1. The van der Waals surface area contributed by atoms with E-state index >= 15 is 0 Å². The molecule has 5 nitrogen and oxygen atoms in total. The zero-order valence-corrected chi connectivity index (χ0v) is 13.8. The molecule has 1 aromatic heterocycles. The summed E-state index contributed by atoms with van der Waals surface area (Å²) in [4.78, 5) is 22.6. The van der Waals surface area contributed by atoms with Crippen LogP contribution in [0.25, 0.3) is 0 Å². The summed E-state index contributed by atoms with van der Waals surface area (Å²) in [6.45, 7) is 3.55. The molecule has 1 aromatic carbocycles. The van der Waals surface area contributed by atoms with Gasteiger partial charge in [0.25, 0.3) is 5.91 Å². The van der Waals surface area contributed by atoms with Gasteiger partial charge in [0.1, 0.15) is 5.69 Å². The summed E-state index contributed by atoms with van der Waals surface area (Å²) in [5.74, 6) is 0.410. The van der Waals surface area contributed by atoms with Gasteiger partial charge in [-0.15, -0.1) is 0 Å². The van der Waals surface area contributed by atoms with Crippen molar-refractivity contribution in [2.24, 2.45) is 0 Å². The van der Waals surface area contributed by atoms with E-state index in [0.29, 0.717) is 18.2 Å². The molecule has 0 fully saturated rings. The molecule has 0 saturated heterocycles. The van der Waals surface area contributed by atoms with Crippen molar-refractivity contribution in [3.8, 4) is 0 Å². The van der Waals surface area contributed by atoms with Crippen molar-refractivity contribution >= 4 is 11.9 Å². The predicted molar refractivity (Wildman–Crippen MR) is 92.3 cm³/mol. The molecule has 0 aliphatic heterocycles. The topological polar surface area (TPSA) is 58.1 Å². The molecule has 0 spiro atoms. The average molecular weight is 312 g/mol. The molecular formula is C18H24N4O. The highest BCUT2D eigenvalue weighted by Gasteiger charge is 2.14. The average Bonchev–Trinajstić information content (AvgIpc) is 2.59. The summed E-state index contributed by atoms with van der Waals surface area (Å²) in [5.41, 5.74) is 1.51. The first-order valence-electron chi connectivity index (χ1n) is 8.07. The third-order valence-corrected chi connectivity index (χ3v) is 3.55. The van der Waals surface area contributed by atoms with E-state index in [4.69, 9.17) is 0 Å². The molecule has 0 radical (unpaired) electrons. The number of anilines is 1. The minimum Gasteiger partial charge on any atom is -0.354 e. The van der Waals surface area contributed by atoms with Crippen molar-refractivity contribution in [2.75, 3.05) is 18.9 Å². The molecule has 0 bridgehead atoms. The maximum Gasteiger partial charge on any atom is 0.272 e. The van der Waals surface area contributed by atoms with Crippen LogP contribution in [0, 0.1) is 0 Å². The Morgan fingerprint density at radius 2 is 1.96 bits per heavy atom. The third kappa shape index (κ3) is 5.36. The van der Waals surface area contributed by atoms with Gasteiger partial charge in [-0.2, -0.15) is 0 Å². The maximum absolute atomic E-state index is 12.5. The third-order valence-electron chi connectivity index (χ3n) is 3.55. The van der Waals surface area contributed by atoms with E-state index in [1.165, 1.54) is 12.8 Å². The molecule has 0 saturated carbocycles. The van der Waals surface area contributed by atoms with E-state index in [0.717, 1.165) is 18.5 Å². The summed E-state index contributed by atoms with van der Waals surface area (Å²) < 4.78 is 0. The van der Waals surface area contributed by atoms with Gasteiger partial charge in [-0.25, -0.2) is 9.97 Å². The Bertz CT molecular complexity index is 615. The van der Waals surface area contributed by atoms with Crippen LogP contribution in [-0.4, -0.2) is 34.4 Å². The highest BCUT2D eigenvalue weighted by molar-refractivity contribution is 5.92. The van der Waals surface area contributed by atoms with Gasteiger partial charge in [0.05, 0.1) is 0 Å². The van der Waals surface area contributed by atoms with E-state index in [1.54, 1.807) is 24.2 Å². The van der Waals surface area contributed by atoms with Crippen LogP contribution in [0.3, 0.4) is 0 Å². The zero-order chi connectivity index (χ0) is 16.5. The molecule has 1 N–H and O–H groups in total. The van der Waals surface area contributed by atoms with Crippen molar-refractivity contribution in [3.05, 3.63) is 53.9 Å². The number of aromatic nitrogens is 2. The second-order valence-corrected chi connectivity index (χ2v) is 5.55. The smallest absolute Gasteiger partial charge is 0.272 e. The van der Waals surface area contributed by atoms with Gasteiger partial charge in [0.15, 0.2) is 0 Å². The van der Waals surface area contributed by atoms with Crippen LogP contribution in [0.4, 0.5) is 5.95 Å². The van der Waals surface area contributed by atoms with Crippen LogP contribution in [0.1, 0.15) is 42.2 Å². The standard InChI is InChI=1S/C18H24N4O/c1-3-4-8-12-19-18-20-13-11-16(21-18)17(23)22(2)14-15-9-6-5-7-10-15/h5-7,9-11,13H,3-4,8,12,14H2,1-2H3,(H,19,20,21). The SMILES string of the molecule is CCCCCNc1nccc(C(=O)N(C)Cc2ccccc2)n1. The van der Waals surface area contributed by atoms with Crippen molar-refractivity contribution in [1.29, 1.82) is 0 Å². The first-order valence-corrected chi connectivity index (χ1v) is 8.07. The first kappa shape index (κ1) is 16.9. The van der Waals surface area contributed by atoms with Crippen molar-refractivity contribution in [1.82, 2.24) is 14.9 Å². The maximum atomic E-state index is 12.5. The van der Waals surface area contributed by atoms with Gasteiger partial charge in [-0.3, -0.25) is 4.79 Å². The number of hydrogen-bond donors (Lipinski definition) is 1. The van der Waals surface area contributed by atoms with Crippen LogP contribution in [0.15, 0.2) is 42.6 Å². The normalized spacial score (nSPS) is 10.3. The Labute approximate surface area is 137 Å². The lowest BCUT2D eigenvalue weighted by Crippen LogP contribution is -2.27. The number of unbranched alkanes of at least 4 members (excludes halogenated alkanes) is 2. The Morgan fingerprint density at radius 1 is 1.17 bits per heavy atom. The second kappa shape index (κ2) is 8.88. The van der Waals surface area contributed by atoms with E-state index < -0.39 is 0 Å². The number of rotatable bonds is 8. The van der Waals surface area contributed by atoms with Crippen molar-refractivity contribution in [2.45, 2.75) is 32.7 Å². The highest BCUT2D eigenvalue weighted by atomic mass is 16.2. The van der Waals surface area contributed by atoms with Gasteiger partial charge in [-0.05, 0) is 18.1 Å².